The molecule has 0 spiro atoms. The van der Waals surface area contributed by atoms with Crippen molar-refractivity contribution >= 4 is 10.0 Å². The molecule has 0 saturated heterocycles. The molecular weight excluding hydrogens is 248 g/mol. The fourth-order valence-corrected chi connectivity index (χ4v) is 5.27. The third kappa shape index (κ3) is 2.45. The zero-order valence-electron chi connectivity index (χ0n) is 11.1. The predicted octanol–water partition coefficient (Wildman–Crippen LogP) is 0.950. The van der Waals surface area contributed by atoms with Crippen molar-refractivity contribution in [1.29, 1.82) is 0 Å². The van der Waals surface area contributed by atoms with Gasteiger partial charge in [-0.15, -0.1) is 0 Å². The molecule has 2 bridgehead atoms. The number of sulfonamides is 1. The van der Waals surface area contributed by atoms with Gasteiger partial charge in [-0.2, -0.15) is 0 Å². The predicted molar refractivity (Wildman–Crippen MR) is 71.7 cm³/mol. The molecule has 0 aromatic heterocycles. The average molecular weight is 272 g/mol. The molecule has 104 valence electrons. The normalized spacial score (nSPS) is 42.4. The first-order valence-electron chi connectivity index (χ1n) is 7.22. The molecule has 5 heteroatoms. The van der Waals surface area contributed by atoms with E-state index in [9.17, 15) is 8.42 Å². The first-order valence-corrected chi connectivity index (χ1v) is 9.12. The summed E-state index contributed by atoms with van der Waals surface area (Å²) in [7, 11) is -3.03. The van der Waals surface area contributed by atoms with Crippen LogP contribution in [0, 0.1) is 23.7 Å². The molecule has 5 unspecified atom stereocenters. The molecule has 0 aromatic rings. The number of fused-ring (bicyclic) bond motifs is 5. The van der Waals surface area contributed by atoms with Crippen molar-refractivity contribution in [3.05, 3.63) is 0 Å². The SMILES string of the molecule is CS(=O)(=O)NCCNC1CC2CC1C1CCCC21. The third-order valence-electron chi connectivity index (χ3n) is 5.32. The van der Waals surface area contributed by atoms with Crippen molar-refractivity contribution < 1.29 is 8.42 Å². The fourth-order valence-electron chi connectivity index (χ4n) is 4.80. The molecule has 3 aliphatic rings. The van der Waals surface area contributed by atoms with Crippen LogP contribution in [0.25, 0.3) is 0 Å². The van der Waals surface area contributed by atoms with E-state index in [1.807, 2.05) is 0 Å². The molecule has 0 heterocycles. The molecule has 0 amide bonds. The van der Waals surface area contributed by atoms with Crippen LogP contribution >= 0.6 is 0 Å². The summed E-state index contributed by atoms with van der Waals surface area (Å²) in [5.74, 6) is 3.84. The summed E-state index contributed by atoms with van der Waals surface area (Å²) in [6.07, 6.45) is 8.30. The lowest BCUT2D eigenvalue weighted by Crippen LogP contribution is -2.42. The van der Waals surface area contributed by atoms with E-state index >= 15 is 0 Å². The highest BCUT2D eigenvalue weighted by molar-refractivity contribution is 7.88. The van der Waals surface area contributed by atoms with Gasteiger partial charge in [0.2, 0.25) is 10.0 Å². The van der Waals surface area contributed by atoms with Crippen LogP contribution in [0.4, 0.5) is 0 Å². The first kappa shape index (κ1) is 12.9. The summed E-state index contributed by atoms with van der Waals surface area (Å²) in [4.78, 5) is 0. The van der Waals surface area contributed by atoms with Gasteiger partial charge in [0.05, 0.1) is 6.26 Å². The van der Waals surface area contributed by atoms with E-state index in [1.165, 1.54) is 38.4 Å². The highest BCUT2D eigenvalue weighted by atomic mass is 32.2. The minimum atomic E-state index is -3.03. The second-order valence-corrected chi connectivity index (χ2v) is 8.21. The van der Waals surface area contributed by atoms with Crippen molar-refractivity contribution in [1.82, 2.24) is 10.0 Å². The molecule has 3 fully saturated rings. The van der Waals surface area contributed by atoms with Gasteiger partial charge in [0, 0.05) is 19.1 Å². The van der Waals surface area contributed by atoms with Crippen molar-refractivity contribution in [2.45, 2.75) is 38.1 Å². The number of nitrogens with one attached hydrogen (secondary N) is 2. The van der Waals surface area contributed by atoms with E-state index < -0.39 is 10.0 Å². The summed E-state index contributed by atoms with van der Waals surface area (Å²) in [5, 5.41) is 3.57. The maximum absolute atomic E-state index is 11.0. The molecule has 18 heavy (non-hydrogen) atoms. The zero-order chi connectivity index (χ0) is 12.8. The third-order valence-corrected chi connectivity index (χ3v) is 6.05. The molecule has 0 aliphatic heterocycles. The van der Waals surface area contributed by atoms with Gasteiger partial charge < -0.3 is 5.32 Å². The zero-order valence-corrected chi connectivity index (χ0v) is 11.9. The van der Waals surface area contributed by atoms with E-state index in [2.05, 4.69) is 10.0 Å². The van der Waals surface area contributed by atoms with Gasteiger partial charge in [-0.1, -0.05) is 6.42 Å². The summed E-state index contributed by atoms with van der Waals surface area (Å²) in [6.45, 7) is 1.28. The van der Waals surface area contributed by atoms with Crippen LogP contribution in [0.1, 0.15) is 32.1 Å². The van der Waals surface area contributed by atoms with Crippen molar-refractivity contribution in [2.75, 3.05) is 19.3 Å². The fraction of sp³-hybridized carbons (Fsp3) is 1.00. The van der Waals surface area contributed by atoms with E-state index in [4.69, 9.17) is 0 Å². The molecule has 3 saturated carbocycles. The lowest BCUT2D eigenvalue weighted by Gasteiger charge is -2.32. The van der Waals surface area contributed by atoms with Gasteiger partial charge in [0.1, 0.15) is 0 Å². The Morgan fingerprint density at radius 3 is 2.61 bits per heavy atom. The van der Waals surface area contributed by atoms with Gasteiger partial charge >= 0.3 is 0 Å². The van der Waals surface area contributed by atoms with Crippen molar-refractivity contribution in [2.24, 2.45) is 23.7 Å². The van der Waals surface area contributed by atoms with Crippen LogP contribution in [0.15, 0.2) is 0 Å². The molecular formula is C13H24N2O2S. The molecule has 3 rings (SSSR count). The second kappa shape index (κ2) is 4.76. The minimum Gasteiger partial charge on any atom is -0.312 e. The van der Waals surface area contributed by atoms with E-state index in [1.54, 1.807) is 0 Å². The molecule has 2 N–H and O–H groups in total. The minimum absolute atomic E-state index is 0.515. The Hall–Kier alpha value is -0.130. The quantitative estimate of drug-likeness (QED) is 0.733. The van der Waals surface area contributed by atoms with Crippen molar-refractivity contribution in [3.63, 3.8) is 0 Å². The summed E-state index contributed by atoms with van der Waals surface area (Å²) < 4.78 is 24.5. The summed E-state index contributed by atoms with van der Waals surface area (Å²) >= 11 is 0. The largest absolute Gasteiger partial charge is 0.312 e. The molecule has 0 aromatic carbocycles. The molecule has 3 aliphatic carbocycles. The second-order valence-electron chi connectivity index (χ2n) is 6.38. The highest BCUT2D eigenvalue weighted by Gasteiger charge is 2.53. The highest BCUT2D eigenvalue weighted by Crippen LogP contribution is 2.58. The molecule has 4 nitrogen and oxygen atoms in total. The van der Waals surface area contributed by atoms with Crippen LogP contribution < -0.4 is 10.0 Å². The Balaban J connectivity index is 1.45. The van der Waals surface area contributed by atoms with Gasteiger partial charge in [-0.3, -0.25) is 0 Å². The average Bonchev–Trinajstić information content (AvgIpc) is 2.94. The maximum Gasteiger partial charge on any atom is 0.208 e. The summed E-state index contributed by atoms with van der Waals surface area (Å²) in [5.41, 5.74) is 0. The van der Waals surface area contributed by atoms with Crippen LogP contribution in [-0.2, 0) is 10.0 Å². The van der Waals surface area contributed by atoms with Gasteiger partial charge in [-0.05, 0) is 49.4 Å². The van der Waals surface area contributed by atoms with E-state index in [0.29, 0.717) is 12.6 Å². The lowest BCUT2D eigenvalue weighted by molar-refractivity contribution is 0.210. The topological polar surface area (TPSA) is 58.2 Å². The Labute approximate surface area is 110 Å². The molecule has 5 atom stereocenters. The Bertz CT molecular complexity index is 409. The molecule has 0 radical (unpaired) electrons. The van der Waals surface area contributed by atoms with Crippen LogP contribution in [-0.4, -0.2) is 33.8 Å². The van der Waals surface area contributed by atoms with Crippen molar-refractivity contribution in [3.8, 4) is 0 Å². The Kier molecular flexibility index (Phi) is 3.41. The Morgan fingerprint density at radius 1 is 1.06 bits per heavy atom. The lowest BCUT2D eigenvalue weighted by atomic mass is 9.79. The van der Waals surface area contributed by atoms with E-state index in [0.717, 1.165) is 30.2 Å². The smallest absolute Gasteiger partial charge is 0.208 e. The van der Waals surface area contributed by atoms with Gasteiger partial charge in [0.15, 0.2) is 0 Å². The van der Waals surface area contributed by atoms with Crippen LogP contribution in [0.5, 0.6) is 0 Å². The summed E-state index contributed by atoms with van der Waals surface area (Å²) in [6, 6.07) is 0.649. The number of hydrogen-bond donors (Lipinski definition) is 2. The van der Waals surface area contributed by atoms with E-state index in [-0.39, 0.29) is 0 Å². The van der Waals surface area contributed by atoms with Crippen LogP contribution in [0.2, 0.25) is 0 Å². The van der Waals surface area contributed by atoms with Crippen LogP contribution in [0.3, 0.4) is 0 Å². The number of hydrogen-bond acceptors (Lipinski definition) is 3. The Morgan fingerprint density at radius 2 is 1.83 bits per heavy atom. The monoisotopic (exact) mass is 272 g/mol. The maximum atomic E-state index is 11.0. The number of rotatable bonds is 5. The first-order chi connectivity index (χ1) is 8.54. The standard InChI is InChI=1S/C13H24N2O2S/c1-18(16,17)15-6-5-14-13-8-9-7-12(13)11-4-2-3-10(9)11/h9-15H,2-8H2,1H3. The van der Waals surface area contributed by atoms with Gasteiger partial charge in [-0.25, -0.2) is 13.1 Å². The van der Waals surface area contributed by atoms with Gasteiger partial charge in [0.25, 0.3) is 0 Å².